The van der Waals surface area contributed by atoms with Gasteiger partial charge in [0.1, 0.15) is 5.82 Å². The van der Waals surface area contributed by atoms with E-state index in [2.05, 4.69) is 10.1 Å². The number of rotatable bonds is 5. The topological polar surface area (TPSA) is 79.5 Å². The number of hydrogen-bond donors (Lipinski definition) is 0. The summed E-state index contributed by atoms with van der Waals surface area (Å²) in [6.07, 6.45) is 5.12. The molecule has 1 aromatic heterocycles. The first kappa shape index (κ1) is 19.2. The van der Waals surface area contributed by atoms with Crippen LogP contribution >= 0.6 is 0 Å². The number of benzene rings is 1. The van der Waals surface area contributed by atoms with Gasteiger partial charge < -0.3 is 14.3 Å². The summed E-state index contributed by atoms with van der Waals surface area (Å²) in [5.41, 5.74) is 0.635. The van der Waals surface area contributed by atoms with Crippen LogP contribution in [0.25, 0.3) is 0 Å². The molecule has 3 fully saturated rings. The molecule has 2 saturated heterocycles. The minimum Gasteiger partial charge on any atom is -0.342 e. The second-order valence-electron chi connectivity index (χ2n) is 8.70. The second kappa shape index (κ2) is 7.81. The van der Waals surface area contributed by atoms with E-state index in [1.807, 2.05) is 4.90 Å². The fourth-order valence-corrected chi connectivity index (χ4v) is 4.54. The molecule has 2 amide bonds. The van der Waals surface area contributed by atoms with Crippen LogP contribution in [-0.4, -0.2) is 46.5 Å². The van der Waals surface area contributed by atoms with Crippen LogP contribution in [0.2, 0.25) is 0 Å². The van der Waals surface area contributed by atoms with E-state index in [1.54, 1.807) is 17.0 Å². The van der Waals surface area contributed by atoms with E-state index in [1.165, 1.54) is 12.1 Å². The molecule has 5 rings (SSSR count). The van der Waals surface area contributed by atoms with Crippen LogP contribution in [0.3, 0.4) is 0 Å². The van der Waals surface area contributed by atoms with Gasteiger partial charge in [-0.2, -0.15) is 4.98 Å². The molecule has 0 radical (unpaired) electrons. The summed E-state index contributed by atoms with van der Waals surface area (Å²) >= 11 is 0. The highest BCUT2D eigenvalue weighted by molar-refractivity contribution is 6.00. The Kier molecular flexibility index (Phi) is 5.00. The predicted octanol–water partition coefficient (Wildman–Crippen LogP) is 2.92. The SMILES string of the molecule is O=C(C1CC(=O)N(c2ccc(F)cc2)C1)N1CCCC(Cc2nc(C3CC3)no2)C1. The number of carbonyl (C=O) groups is 2. The summed E-state index contributed by atoms with van der Waals surface area (Å²) in [4.78, 5) is 33.6. The molecule has 3 aliphatic rings. The molecule has 1 saturated carbocycles. The molecular weight excluding hydrogens is 387 g/mol. The number of halogens is 1. The third-order valence-electron chi connectivity index (χ3n) is 6.33. The quantitative estimate of drug-likeness (QED) is 0.754. The first-order valence-electron chi connectivity index (χ1n) is 10.7. The van der Waals surface area contributed by atoms with Crippen molar-refractivity contribution in [3.8, 4) is 0 Å². The molecular formula is C22H25FN4O3. The molecule has 2 unspecified atom stereocenters. The standard InChI is InChI=1S/C22H25FN4O3/c23-17-5-7-18(8-6-17)27-13-16(11-20(27)28)22(29)26-9-1-2-14(12-26)10-19-24-21(25-30-19)15-3-4-15/h5-8,14-16H,1-4,9-13H2. The van der Waals surface area contributed by atoms with Gasteiger partial charge in [-0.15, -0.1) is 0 Å². The average molecular weight is 412 g/mol. The number of anilines is 1. The Morgan fingerprint density at radius 3 is 2.73 bits per heavy atom. The van der Waals surface area contributed by atoms with Crippen molar-refractivity contribution in [2.24, 2.45) is 11.8 Å². The molecule has 0 N–H and O–H groups in total. The van der Waals surface area contributed by atoms with Gasteiger partial charge in [-0.05, 0) is 55.9 Å². The Morgan fingerprint density at radius 1 is 1.17 bits per heavy atom. The number of hydrogen-bond acceptors (Lipinski definition) is 5. The molecule has 1 aliphatic carbocycles. The molecule has 3 heterocycles. The van der Waals surface area contributed by atoms with Gasteiger partial charge >= 0.3 is 0 Å². The van der Waals surface area contributed by atoms with E-state index >= 15 is 0 Å². The fourth-order valence-electron chi connectivity index (χ4n) is 4.54. The van der Waals surface area contributed by atoms with Crippen LogP contribution in [0.1, 0.15) is 49.7 Å². The van der Waals surface area contributed by atoms with Crippen molar-refractivity contribution in [3.63, 3.8) is 0 Å². The lowest BCUT2D eigenvalue weighted by Gasteiger charge is -2.33. The van der Waals surface area contributed by atoms with E-state index in [-0.39, 0.29) is 30.0 Å². The molecule has 2 atom stereocenters. The Bertz CT molecular complexity index is 940. The van der Waals surface area contributed by atoms with Crippen LogP contribution in [0.5, 0.6) is 0 Å². The number of likely N-dealkylation sites (tertiary alicyclic amines) is 1. The summed E-state index contributed by atoms with van der Waals surface area (Å²) in [6.45, 7) is 1.72. The number of amides is 2. The smallest absolute Gasteiger partial charge is 0.228 e. The van der Waals surface area contributed by atoms with Crippen molar-refractivity contribution >= 4 is 17.5 Å². The highest BCUT2D eigenvalue weighted by Gasteiger charge is 2.38. The molecule has 158 valence electrons. The van der Waals surface area contributed by atoms with Crippen molar-refractivity contribution in [1.82, 2.24) is 15.0 Å². The van der Waals surface area contributed by atoms with E-state index in [0.717, 1.165) is 31.5 Å². The minimum atomic E-state index is -0.355. The highest BCUT2D eigenvalue weighted by Crippen LogP contribution is 2.38. The third kappa shape index (κ3) is 3.95. The minimum absolute atomic E-state index is 0.0295. The Morgan fingerprint density at radius 2 is 1.97 bits per heavy atom. The van der Waals surface area contributed by atoms with Crippen molar-refractivity contribution < 1.29 is 18.5 Å². The lowest BCUT2D eigenvalue weighted by molar-refractivity contribution is -0.137. The summed E-state index contributed by atoms with van der Waals surface area (Å²) in [6, 6.07) is 5.83. The number of nitrogens with zero attached hydrogens (tertiary/aromatic N) is 4. The Hall–Kier alpha value is -2.77. The summed E-state index contributed by atoms with van der Waals surface area (Å²) < 4.78 is 18.6. The summed E-state index contributed by atoms with van der Waals surface area (Å²) in [7, 11) is 0. The zero-order valence-electron chi connectivity index (χ0n) is 16.8. The third-order valence-corrected chi connectivity index (χ3v) is 6.33. The second-order valence-corrected chi connectivity index (χ2v) is 8.70. The van der Waals surface area contributed by atoms with Crippen molar-refractivity contribution in [2.75, 3.05) is 24.5 Å². The maximum Gasteiger partial charge on any atom is 0.228 e. The number of piperidine rings is 1. The highest BCUT2D eigenvalue weighted by atomic mass is 19.1. The lowest BCUT2D eigenvalue weighted by atomic mass is 9.93. The van der Waals surface area contributed by atoms with Gasteiger partial charge in [-0.3, -0.25) is 9.59 Å². The zero-order valence-corrected chi connectivity index (χ0v) is 16.8. The maximum atomic E-state index is 13.2. The fraction of sp³-hybridized carbons (Fsp3) is 0.545. The van der Waals surface area contributed by atoms with Crippen LogP contribution in [-0.2, 0) is 16.0 Å². The molecule has 2 aliphatic heterocycles. The van der Waals surface area contributed by atoms with Gasteiger partial charge in [0.05, 0.1) is 5.92 Å². The van der Waals surface area contributed by atoms with E-state index in [9.17, 15) is 14.0 Å². The van der Waals surface area contributed by atoms with Crippen molar-refractivity contribution in [3.05, 3.63) is 41.8 Å². The first-order valence-corrected chi connectivity index (χ1v) is 10.7. The van der Waals surface area contributed by atoms with Gasteiger partial charge in [0, 0.05) is 44.1 Å². The molecule has 0 bridgehead atoms. The van der Waals surface area contributed by atoms with Gasteiger partial charge in [-0.1, -0.05) is 5.16 Å². The molecule has 1 aromatic carbocycles. The van der Waals surface area contributed by atoms with Crippen LogP contribution in [0.4, 0.5) is 10.1 Å². The van der Waals surface area contributed by atoms with Gasteiger partial charge in [0.15, 0.2) is 5.82 Å². The molecule has 30 heavy (non-hydrogen) atoms. The number of carbonyl (C=O) groups excluding carboxylic acids is 2. The van der Waals surface area contributed by atoms with E-state index in [4.69, 9.17) is 4.52 Å². The van der Waals surface area contributed by atoms with Crippen LogP contribution < -0.4 is 4.90 Å². The van der Waals surface area contributed by atoms with Crippen LogP contribution in [0.15, 0.2) is 28.8 Å². The maximum absolute atomic E-state index is 13.2. The molecule has 2 aromatic rings. The lowest BCUT2D eigenvalue weighted by Crippen LogP contribution is -2.44. The molecule has 7 nitrogen and oxygen atoms in total. The van der Waals surface area contributed by atoms with E-state index in [0.29, 0.717) is 49.5 Å². The summed E-state index contributed by atoms with van der Waals surface area (Å²) in [5, 5.41) is 4.08. The van der Waals surface area contributed by atoms with Crippen molar-refractivity contribution in [2.45, 2.75) is 44.4 Å². The molecule has 0 spiro atoms. The van der Waals surface area contributed by atoms with Gasteiger partial charge in [0.25, 0.3) is 0 Å². The average Bonchev–Trinajstić information content (AvgIpc) is 3.38. The normalized spacial score (nSPS) is 24.5. The van der Waals surface area contributed by atoms with E-state index < -0.39 is 0 Å². The van der Waals surface area contributed by atoms with Gasteiger partial charge in [0.2, 0.25) is 17.7 Å². The summed E-state index contributed by atoms with van der Waals surface area (Å²) in [5.74, 6) is 1.48. The van der Waals surface area contributed by atoms with Crippen molar-refractivity contribution in [1.29, 1.82) is 0 Å². The van der Waals surface area contributed by atoms with Crippen LogP contribution in [0, 0.1) is 17.7 Å². The predicted molar refractivity (Wildman–Crippen MR) is 106 cm³/mol. The number of aromatic nitrogens is 2. The Balaban J connectivity index is 1.20. The molecule has 8 heteroatoms. The first-order chi connectivity index (χ1) is 14.6. The largest absolute Gasteiger partial charge is 0.342 e. The monoisotopic (exact) mass is 412 g/mol. The Labute approximate surface area is 174 Å². The van der Waals surface area contributed by atoms with Gasteiger partial charge in [-0.25, -0.2) is 4.39 Å². The zero-order chi connectivity index (χ0) is 20.7.